The molecule has 2 N–H and O–H groups in total. The summed E-state index contributed by atoms with van der Waals surface area (Å²) in [5, 5.41) is 10.2. The predicted octanol–water partition coefficient (Wildman–Crippen LogP) is 4.33. The molecule has 2 aromatic rings. The molecule has 0 bridgehead atoms. The first-order chi connectivity index (χ1) is 14.7. The lowest BCUT2D eigenvalue weighted by Gasteiger charge is -2.19. The number of carbonyl (C=O) groups is 2. The van der Waals surface area contributed by atoms with E-state index in [1.807, 2.05) is 48.5 Å². The molecule has 168 valence electrons. The zero-order valence-corrected chi connectivity index (χ0v) is 17.1. The van der Waals surface area contributed by atoms with Gasteiger partial charge in [-0.2, -0.15) is 13.2 Å². The average molecular weight is 438 g/mol. The van der Waals surface area contributed by atoms with Gasteiger partial charge in [-0.25, -0.2) is 4.79 Å². The highest BCUT2D eigenvalue weighted by molar-refractivity contribution is 5.97. The Morgan fingerprint density at radius 2 is 1.74 bits per heavy atom. The van der Waals surface area contributed by atoms with Gasteiger partial charge in [-0.05, 0) is 57.1 Å². The topological polar surface area (TPSA) is 78.9 Å². The minimum absolute atomic E-state index is 0.0813. The number of hydrogen-bond donors (Lipinski definition) is 2. The van der Waals surface area contributed by atoms with Crippen LogP contribution in [0.15, 0.2) is 54.6 Å². The molecule has 1 amide bonds. The van der Waals surface area contributed by atoms with Crippen molar-refractivity contribution in [3.63, 3.8) is 0 Å². The van der Waals surface area contributed by atoms with E-state index in [2.05, 4.69) is 17.3 Å². The third kappa shape index (κ3) is 7.93. The van der Waals surface area contributed by atoms with Gasteiger partial charge in [0.15, 0.2) is 0 Å². The fourth-order valence-electron chi connectivity index (χ4n) is 3.15. The number of aliphatic carboxylic acids is 1. The maximum Gasteiger partial charge on any atom is 0.490 e. The molecule has 1 fully saturated rings. The molecule has 1 aliphatic heterocycles. The first-order valence-corrected chi connectivity index (χ1v) is 9.79. The second-order valence-corrected chi connectivity index (χ2v) is 7.04. The van der Waals surface area contributed by atoms with Crippen molar-refractivity contribution in [2.75, 3.05) is 20.1 Å². The third-order valence-electron chi connectivity index (χ3n) is 4.78. The smallest absolute Gasteiger partial charge is 0.475 e. The summed E-state index contributed by atoms with van der Waals surface area (Å²) in [7, 11) is 2.16. The number of rotatable bonds is 6. The van der Waals surface area contributed by atoms with Crippen LogP contribution in [-0.2, 0) is 4.79 Å². The number of para-hydroxylation sites is 2. The molecule has 2 aromatic carbocycles. The van der Waals surface area contributed by atoms with Crippen molar-refractivity contribution < 1.29 is 32.6 Å². The maximum atomic E-state index is 12.5. The Morgan fingerprint density at radius 1 is 1.13 bits per heavy atom. The molecule has 31 heavy (non-hydrogen) atoms. The van der Waals surface area contributed by atoms with Crippen molar-refractivity contribution in [1.82, 2.24) is 10.2 Å². The first kappa shape index (κ1) is 24.2. The van der Waals surface area contributed by atoms with E-state index in [1.54, 1.807) is 6.07 Å². The molecule has 1 unspecified atom stereocenters. The van der Waals surface area contributed by atoms with Gasteiger partial charge in [0, 0.05) is 12.6 Å². The lowest BCUT2D eigenvalue weighted by atomic mass is 10.1. The molecular formula is C22H25F3N2O4. The number of alkyl halides is 3. The molecule has 1 atom stereocenters. The highest BCUT2D eigenvalue weighted by Crippen LogP contribution is 2.25. The second-order valence-electron chi connectivity index (χ2n) is 7.04. The summed E-state index contributed by atoms with van der Waals surface area (Å²) in [6, 6.07) is 17.5. The second kappa shape index (κ2) is 11.4. The van der Waals surface area contributed by atoms with Gasteiger partial charge in [-0.15, -0.1) is 0 Å². The average Bonchev–Trinajstić information content (AvgIpc) is 3.13. The predicted molar refractivity (Wildman–Crippen MR) is 109 cm³/mol. The van der Waals surface area contributed by atoms with Crippen LogP contribution in [0.3, 0.4) is 0 Å². The van der Waals surface area contributed by atoms with E-state index in [4.69, 9.17) is 14.6 Å². The number of nitrogens with zero attached hydrogens (tertiary/aromatic N) is 1. The van der Waals surface area contributed by atoms with E-state index >= 15 is 0 Å². The Labute approximate surface area is 178 Å². The van der Waals surface area contributed by atoms with Crippen molar-refractivity contribution in [3.8, 4) is 11.5 Å². The van der Waals surface area contributed by atoms with Crippen LogP contribution in [0.2, 0.25) is 0 Å². The van der Waals surface area contributed by atoms with Crippen LogP contribution >= 0.6 is 0 Å². The Hall–Kier alpha value is -3.07. The van der Waals surface area contributed by atoms with E-state index in [0.717, 1.165) is 18.7 Å². The van der Waals surface area contributed by atoms with Crippen molar-refractivity contribution >= 4 is 11.9 Å². The number of likely N-dealkylation sites (tertiary alicyclic amines) is 1. The Balaban J connectivity index is 0.000000423. The van der Waals surface area contributed by atoms with Crippen molar-refractivity contribution in [2.45, 2.75) is 31.5 Å². The number of carbonyl (C=O) groups excluding carboxylic acids is 1. The third-order valence-corrected chi connectivity index (χ3v) is 4.78. The SMILES string of the molecule is CN1CCCC1CCNC(=O)c1ccccc1Oc1ccccc1.O=C(O)C(F)(F)F. The molecule has 0 saturated carbocycles. The van der Waals surface area contributed by atoms with Crippen LogP contribution in [-0.4, -0.2) is 54.2 Å². The van der Waals surface area contributed by atoms with E-state index in [9.17, 15) is 18.0 Å². The molecule has 0 radical (unpaired) electrons. The largest absolute Gasteiger partial charge is 0.490 e. The van der Waals surface area contributed by atoms with Gasteiger partial charge in [-0.1, -0.05) is 30.3 Å². The summed E-state index contributed by atoms with van der Waals surface area (Å²) in [5.74, 6) is -1.53. The minimum atomic E-state index is -5.08. The lowest BCUT2D eigenvalue weighted by molar-refractivity contribution is -0.192. The standard InChI is InChI=1S/C20H24N2O2.C2HF3O2/c1-22-15-7-8-16(22)13-14-21-20(23)18-11-5-6-12-19(18)24-17-9-3-2-4-10-17;3-2(4,5)1(6)7/h2-6,9-12,16H,7-8,13-15H2,1H3,(H,21,23);(H,6,7). The van der Waals surface area contributed by atoms with E-state index in [1.165, 1.54) is 12.8 Å². The van der Waals surface area contributed by atoms with Crippen LogP contribution in [0.4, 0.5) is 13.2 Å². The normalized spacial score (nSPS) is 16.2. The van der Waals surface area contributed by atoms with E-state index in [0.29, 0.717) is 23.9 Å². The summed E-state index contributed by atoms with van der Waals surface area (Å²) in [6.07, 6.45) is -1.62. The number of nitrogens with one attached hydrogen (secondary N) is 1. The Morgan fingerprint density at radius 3 is 2.32 bits per heavy atom. The number of ether oxygens (including phenoxy) is 1. The minimum Gasteiger partial charge on any atom is -0.475 e. The van der Waals surface area contributed by atoms with Crippen LogP contribution in [0, 0.1) is 0 Å². The lowest BCUT2D eigenvalue weighted by Crippen LogP contribution is -2.31. The van der Waals surface area contributed by atoms with Crippen molar-refractivity contribution in [1.29, 1.82) is 0 Å². The molecule has 6 nitrogen and oxygen atoms in total. The zero-order valence-electron chi connectivity index (χ0n) is 17.1. The molecule has 1 aliphatic rings. The highest BCUT2D eigenvalue weighted by Gasteiger charge is 2.38. The fourth-order valence-corrected chi connectivity index (χ4v) is 3.15. The fraction of sp³-hybridized carbons (Fsp3) is 0.364. The summed E-state index contributed by atoms with van der Waals surface area (Å²) in [4.78, 5) is 23.8. The maximum absolute atomic E-state index is 12.5. The molecule has 3 rings (SSSR count). The van der Waals surface area contributed by atoms with Crippen molar-refractivity contribution in [3.05, 3.63) is 60.2 Å². The van der Waals surface area contributed by atoms with Gasteiger partial charge in [0.05, 0.1) is 5.56 Å². The van der Waals surface area contributed by atoms with E-state index < -0.39 is 12.1 Å². The molecule has 9 heteroatoms. The number of carboxylic acids is 1. The Kier molecular flexibility index (Phi) is 8.87. The van der Waals surface area contributed by atoms with Gasteiger partial charge in [-0.3, -0.25) is 4.79 Å². The van der Waals surface area contributed by atoms with Gasteiger partial charge in [0.25, 0.3) is 5.91 Å². The van der Waals surface area contributed by atoms with Crippen molar-refractivity contribution in [2.24, 2.45) is 0 Å². The molecule has 1 saturated heterocycles. The van der Waals surface area contributed by atoms with Crippen LogP contribution in [0.5, 0.6) is 11.5 Å². The number of hydrogen-bond acceptors (Lipinski definition) is 4. The number of benzene rings is 2. The zero-order chi connectivity index (χ0) is 22.9. The van der Waals surface area contributed by atoms with Gasteiger partial charge >= 0.3 is 12.1 Å². The summed E-state index contributed by atoms with van der Waals surface area (Å²) in [5.41, 5.74) is 0.570. The highest BCUT2D eigenvalue weighted by atomic mass is 19.4. The summed E-state index contributed by atoms with van der Waals surface area (Å²) in [6.45, 7) is 1.85. The molecule has 0 aliphatic carbocycles. The van der Waals surface area contributed by atoms with Crippen LogP contribution < -0.4 is 10.1 Å². The van der Waals surface area contributed by atoms with Crippen LogP contribution in [0.1, 0.15) is 29.6 Å². The monoisotopic (exact) mass is 438 g/mol. The first-order valence-electron chi connectivity index (χ1n) is 9.79. The van der Waals surface area contributed by atoms with Crippen LogP contribution in [0.25, 0.3) is 0 Å². The quantitative estimate of drug-likeness (QED) is 0.702. The number of halogens is 3. The Bertz CT molecular complexity index is 859. The molecular weight excluding hydrogens is 413 g/mol. The van der Waals surface area contributed by atoms with E-state index in [-0.39, 0.29) is 5.91 Å². The number of amides is 1. The summed E-state index contributed by atoms with van der Waals surface area (Å²) < 4.78 is 37.6. The van der Waals surface area contributed by atoms with Gasteiger partial charge < -0.3 is 20.1 Å². The van der Waals surface area contributed by atoms with Gasteiger partial charge in [0.1, 0.15) is 11.5 Å². The molecule has 0 spiro atoms. The molecule has 0 aromatic heterocycles. The van der Waals surface area contributed by atoms with Gasteiger partial charge in [0.2, 0.25) is 0 Å². The number of carboxylic acid groups (broad SMARTS) is 1. The molecule has 1 heterocycles. The summed E-state index contributed by atoms with van der Waals surface area (Å²) >= 11 is 0.